The number of aryl methyl sites for hydroxylation is 1. The Bertz CT molecular complexity index is 227. The maximum atomic E-state index is 8.58. The van der Waals surface area contributed by atoms with E-state index in [1.54, 1.807) is 6.20 Å². The first kappa shape index (κ1) is 8.68. The van der Waals surface area contributed by atoms with Crippen LogP contribution in [-0.2, 0) is 6.42 Å². The average Bonchev–Trinajstić information content (AvgIpc) is 2.03. The highest BCUT2D eigenvalue weighted by Crippen LogP contribution is 2.14. The highest BCUT2D eigenvalue weighted by molar-refractivity contribution is 9.10. The summed E-state index contributed by atoms with van der Waals surface area (Å²) in [6.07, 6.45) is 3.37. The van der Waals surface area contributed by atoms with Gasteiger partial charge in [0.05, 0.1) is 5.69 Å². The van der Waals surface area contributed by atoms with Crippen LogP contribution in [0.4, 0.5) is 0 Å². The molecule has 0 saturated heterocycles. The van der Waals surface area contributed by atoms with Gasteiger partial charge in [0.25, 0.3) is 0 Å². The van der Waals surface area contributed by atoms with E-state index in [-0.39, 0.29) is 6.61 Å². The molecule has 0 aliphatic rings. The van der Waals surface area contributed by atoms with Crippen LogP contribution >= 0.6 is 15.9 Å². The monoisotopic (exact) mass is 215 g/mol. The van der Waals surface area contributed by atoms with Crippen molar-refractivity contribution in [2.75, 3.05) is 6.61 Å². The summed E-state index contributed by atoms with van der Waals surface area (Å²) in [5.74, 6) is 0. The summed E-state index contributed by atoms with van der Waals surface area (Å²) in [7, 11) is 0. The third-order valence-electron chi connectivity index (χ3n) is 1.41. The zero-order valence-electron chi connectivity index (χ0n) is 6.13. The molecule has 0 radical (unpaired) electrons. The fourth-order valence-electron chi connectivity index (χ4n) is 0.849. The number of rotatable bonds is 3. The molecule has 0 amide bonds. The minimum Gasteiger partial charge on any atom is -0.396 e. The molecular weight excluding hydrogens is 206 g/mol. The number of aromatic nitrogens is 1. The number of aliphatic hydroxyl groups is 1. The zero-order valence-corrected chi connectivity index (χ0v) is 7.71. The van der Waals surface area contributed by atoms with Crippen molar-refractivity contribution in [2.45, 2.75) is 12.8 Å². The highest BCUT2D eigenvalue weighted by Gasteiger charge is 1.97. The van der Waals surface area contributed by atoms with E-state index >= 15 is 0 Å². The van der Waals surface area contributed by atoms with Crippen LogP contribution in [0.2, 0.25) is 0 Å². The maximum absolute atomic E-state index is 8.58. The molecule has 1 rings (SSSR count). The van der Waals surface area contributed by atoms with E-state index in [9.17, 15) is 0 Å². The Labute approximate surface area is 74.4 Å². The van der Waals surface area contributed by atoms with Gasteiger partial charge < -0.3 is 5.11 Å². The lowest BCUT2D eigenvalue weighted by Gasteiger charge is -1.99. The van der Waals surface area contributed by atoms with Gasteiger partial charge in [-0.2, -0.15) is 0 Å². The van der Waals surface area contributed by atoms with E-state index in [0.29, 0.717) is 0 Å². The van der Waals surface area contributed by atoms with Crippen molar-refractivity contribution >= 4 is 15.9 Å². The second-order valence-electron chi connectivity index (χ2n) is 2.26. The topological polar surface area (TPSA) is 33.1 Å². The molecule has 0 fully saturated rings. The van der Waals surface area contributed by atoms with Crippen LogP contribution in [-0.4, -0.2) is 16.7 Å². The molecule has 1 aromatic rings. The summed E-state index contributed by atoms with van der Waals surface area (Å²) in [6.45, 7) is 0.225. The van der Waals surface area contributed by atoms with Crippen LogP contribution in [0.3, 0.4) is 0 Å². The van der Waals surface area contributed by atoms with Gasteiger partial charge in [-0.1, -0.05) is 0 Å². The van der Waals surface area contributed by atoms with E-state index in [1.807, 2.05) is 12.1 Å². The van der Waals surface area contributed by atoms with Crippen molar-refractivity contribution in [3.8, 4) is 0 Å². The van der Waals surface area contributed by atoms with Crippen LogP contribution in [0, 0.1) is 0 Å². The lowest BCUT2D eigenvalue weighted by Crippen LogP contribution is -1.93. The smallest absolute Gasteiger partial charge is 0.0546 e. The number of pyridine rings is 1. The van der Waals surface area contributed by atoms with Crippen LogP contribution in [0.1, 0.15) is 12.1 Å². The Morgan fingerprint density at radius 3 is 3.00 bits per heavy atom. The lowest BCUT2D eigenvalue weighted by molar-refractivity contribution is 0.288. The van der Waals surface area contributed by atoms with Gasteiger partial charge in [0.2, 0.25) is 0 Å². The third-order valence-corrected chi connectivity index (χ3v) is 2.13. The van der Waals surface area contributed by atoms with Gasteiger partial charge in [0.1, 0.15) is 0 Å². The largest absolute Gasteiger partial charge is 0.396 e. The van der Waals surface area contributed by atoms with Crippen LogP contribution in [0.25, 0.3) is 0 Å². The minimum absolute atomic E-state index is 0.225. The first-order valence-electron chi connectivity index (χ1n) is 3.55. The molecule has 0 bridgehead atoms. The molecule has 2 nitrogen and oxygen atoms in total. The second-order valence-corrected chi connectivity index (χ2v) is 3.11. The standard InChI is InChI=1S/C8H10BrNO/c9-7-3-1-5-10-8(7)4-2-6-11/h1,3,5,11H,2,4,6H2. The molecule has 0 aliphatic heterocycles. The van der Waals surface area contributed by atoms with E-state index in [1.165, 1.54) is 0 Å². The van der Waals surface area contributed by atoms with Gasteiger partial charge >= 0.3 is 0 Å². The molecule has 1 N–H and O–H groups in total. The first-order chi connectivity index (χ1) is 5.34. The molecule has 0 saturated carbocycles. The SMILES string of the molecule is OCCCc1ncccc1Br. The molecule has 0 aromatic carbocycles. The highest BCUT2D eigenvalue weighted by atomic mass is 79.9. The van der Waals surface area contributed by atoms with Crippen LogP contribution in [0.5, 0.6) is 0 Å². The Kier molecular flexibility index (Phi) is 3.52. The normalized spacial score (nSPS) is 10.0. The van der Waals surface area contributed by atoms with Crippen molar-refractivity contribution in [3.63, 3.8) is 0 Å². The molecule has 3 heteroatoms. The van der Waals surface area contributed by atoms with Crippen molar-refractivity contribution in [1.82, 2.24) is 4.98 Å². The van der Waals surface area contributed by atoms with Crippen LogP contribution < -0.4 is 0 Å². The molecule has 0 atom stereocenters. The summed E-state index contributed by atoms with van der Waals surface area (Å²) in [6, 6.07) is 3.84. The molecule has 1 aromatic heterocycles. The quantitative estimate of drug-likeness (QED) is 0.835. The van der Waals surface area contributed by atoms with Crippen molar-refractivity contribution in [3.05, 3.63) is 28.5 Å². The Morgan fingerprint density at radius 2 is 2.36 bits per heavy atom. The van der Waals surface area contributed by atoms with E-state index in [0.717, 1.165) is 23.0 Å². The summed E-state index contributed by atoms with van der Waals surface area (Å²) in [5.41, 5.74) is 1.02. The Hall–Kier alpha value is -0.410. The molecule has 60 valence electrons. The summed E-state index contributed by atoms with van der Waals surface area (Å²) < 4.78 is 1.02. The zero-order chi connectivity index (χ0) is 8.10. The summed E-state index contributed by atoms with van der Waals surface area (Å²) >= 11 is 3.38. The second kappa shape index (κ2) is 4.46. The molecule has 11 heavy (non-hydrogen) atoms. The van der Waals surface area contributed by atoms with Gasteiger partial charge in [-0.3, -0.25) is 4.98 Å². The molecule has 0 aliphatic carbocycles. The van der Waals surface area contributed by atoms with Crippen molar-refractivity contribution < 1.29 is 5.11 Å². The van der Waals surface area contributed by atoms with Crippen molar-refractivity contribution in [2.24, 2.45) is 0 Å². The molecule has 0 unspecified atom stereocenters. The van der Waals surface area contributed by atoms with Gasteiger partial charge in [0.15, 0.2) is 0 Å². The van der Waals surface area contributed by atoms with Crippen molar-refractivity contribution in [1.29, 1.82) is 0 Å². The van der Waals surface area contributed by atoms with E-state index in [2.05, 4.69) is 20.9 Å². The number of nitrogens with zero attached hydrogens (tertiary/aromatic N) is 1. The van der Waals surface area contributed by atoms with Gasteiger partial charge in [-0.15, -0.1) is 0 Å². The Balaban J connectivity index is 2.62. The average molecular weight is 216 g/mol. The van der Waals surface area contributed by atoms with Crippen LogP contribution in [0.15, 0.2) is 22.8 Å². The predicted molar refractivity (Wildman–Crippen MR) is 47.3 cm³/mol. The third kappa shape index (κ3) is 2.60. The maximum Gasteiger partial charge on any atom is 0.0546 e. The fourth-order valence-corrected chi connectivity index (χ4v) is 1.30. The number of halogens is 1. The lowest BCUT2D eigenvalue weighted by atomic mass is 10.2. The number of hydrogen-bond acceptors (Lipinski definition) is 2. The summed E-state index contributed by atoms with van der Waals surface area (Å²) in [4.78, 5) is 4.16. The molecule has 0 spiro atoms. The predicted octanol–water partition coefficient (Wildman–Crippen LogP) is 1.77. The Morgan fingerprint density at radius 1 is 1.55 bits per heavy atom. The number of aliphatic hydroxyl groups excluding tert-OH is 1. The first-order valence-corrected chi connectivity index (χ1v) is 4.34. The van der Waals surface area contributed by atoms with Gasteiger partial charge in [0, 0.05) is 17.3 Å². The minimum atomic E-state index is 0.225. The van der Waals surface area contributed by atoms with Gasteiger partial charge in [-0.05, 0) is 40.9 Å². The number of hydrogen-bond donors (Lipinski definition) is 1. The molecular formula is C8H10BrNO. The summed E-state index contributed by atoms with van der Waals surface area (Å²) in [5, 5.41) is 8.58. The van der Waals surface area contributed by atoms with E-state index < -0.39 is 0 Å². The van der Waals surface area contributed by atoms with E-state index in [4.69, 9.17) is 5.11 Å². The fraction of sp³-hybridized carbons (Fsp3) is 0.375. The molecule has 1 heterocycles. The van der Waals surface area contributed by atoms with Gasteiger partial charge in [-0.25, -0.2) is 0 Å².